The molecule has 2 aromatic heterocycles. The van der Waals surface area contributed by atoms with Crippen molar-refractivity contribution in [3.8, 4) is 0 Å². The van der Waals surface area contributed by atoms with Crippen LogP contribution in [0.15, 0.2) is 57.9 Å². The van der Waals surface area contributed by atoms with Gasteiger partial charge in [-0.2, -0.15) is 0 Å². The molecule has 3 aromatic rings. The Labute approximate surface area is 153 Å². The number of halogens is 2. The lowest BCUT2D eigenvalue weighted by Crippen LogP contribution is -2.16. The second-order valence-electron chi connectivity index (χ2n) is 4.75. The lowest BCUT2D eigenvalue weighted by Gasteiger charge is -2.06. The summed E-state index contributed by atoms with van der Waals surface area (Å²) in [6.45, 7) is -0.0495. The highest BCUT2D eigenvalue weighted by molar-refractivity contribution is 14.1. The number of hydrogen-bond acceptors (Lipinski definition) is 4. The molecule has 0 aliphatic heterocycles. The summed E-state index contributed by atoms with van der Waals surface area (Å²) in [5.41, 5.74) is 1.16. The van der Waals surface area contributed by atoms with Crippen molar-refractivity contribution in [3.05, 3.63) is 78.3 Å². The summed E-state index contributed by atoms with van der Waals surface area (Å²) in [7, 11) is 0. The second-order valence-corrected chi connectivity index (χ2v) is 6.91. The first-order valence-corrected chi connectivity index (χ1v) is 8.51. The largest absolute Gasteiger partial charge is 0.456 e. The van der Waals surface area contributed by atoms with Crippen molar-refractivity contribution in [3.63, 3.8) is 0 Å². The zero-order valence-corrected chi connectivity index (χ0v) is 15.4. The van der Waals surface area contributed by atoms with Gasteiger partial charge < -0.3 is 4.74 Å². The number of ether oxygens (including phenoxy) is 1. The number of carbonyl (C=O) groups is 1. The van der Waals surface area contributed by atoms with Gasteiger partial charge >= 0.3 is 5.97 Å². The van der Waals surface area contributed by atoms with E-state index in [9.17, 15) is 9.59 Å². The number of aromatic nitrogens is 2. The second kappa shape index (κ2) is 6.79. The van der Waals surface area contributed by atoms with Gasteiger partial charge in [0, 0.05) is 20.3 Å². The molecule has 0 atom stereocenters. The normalized spacial score (nSPS) is 10.7. The van der Waals surface area contributed by atoms with E-state index in [4.69, 9.17) is 4.74 Å². The van der Waals surface area contributed by atoms with Gasteiger partial charge in [-0.15, -0.1) is 0 Å². The predicted molar refractivity (Wildman–Crippen MR) is 97.4 cm³/mol. The van der Waals surface area contributed by atoms with Crippen LogP contribution in [0.4, 0.5) is 0 Å². The summed E-state index contributed by atoms with van der Waals surface area (Å²) in [6.07, 6.45) is 1.65. The molecule has 0 bridgehead atoms. The first-order valence-electron chi connectivity index (χ1n) is 6.63. The average molecular weight is 485 g/mol. The van der Waals surface area contributed by atoms with E-state index in [1.807, 2.05) is 6.07 Å². The standard InChI is InChI=1S/C16H10BrIN2O3/c17-11-4-5-14-19-13(7-15(21)20(14)8-11)9-23-16(22)10-2-1-3-12(18)6-10/h1-8H,9H2. The number of fused-ring (bicyclic) bond motifs is 1. The van der Waals surface area contributed by atoms with Crippen LogP contribution in [0, 0.1) is 3.57 Å². The van der Waals surface area contributed by atoms with Crippen LogP contribution in [0.3, 0.4) is 0 Å². The molecule has 2 heterocycles. The van der Waals surface area contributed by atoms with E-state index < -0.39 is 5.97 Å². The molecule has 1 aromatic carbocycles. The maximum Gasteiger partial charge on any atom is 0.338 e. The Morgan fingerprint density at radius 3 is 2.87 bits per heavy atom. The van der Waals surface area contributed by atoms with Crippen LogP contribution in [0.1, 0.15) is 16.1 Å². The lowest BCUT2D eigenvalue weighted by molar-refractivity contribution is 0.0467. The Balaban J connectivity index is 1.81. The van der Waals surface area contributed by atoms with Gasteiger partial charge in [-0.05, 0) is 68.9 Å². The third kappa shape index (κ3) is 3.78. The topological polar surface area (TPSA) is 60.7 Å². The molecule has 7 heteroatoms. The fourth-order valence-electron chi connectivity index (χ4n) is 2.04. The third-order valence-corrected chi connectivity index (χ3v) is 4.23. The maximum absolute atomic E-state index is 12.1. The molecule has 0 aliphatic rings. The van der Waals surface area contributed by atoms with Gasteiger partial charge in [0.1, 0.15) is 12.3 Å². The van der Waals surface area contributed by atoms with Gasteiger partial charge in [0.15, 0.2) is 0 Å². The summed E-state index contributed by atoms with van der Waals surface area (Å²) in [5.74, 6) is -0.443. The Hall–Kier alpha value is -1.74. The molecule has 5 nitrogen and oxygen atoms in total. The smallest absolute Gasteiger partial charge is 0.338 e. The van der Waals surface area contributed by atoms with Crippen LogP contribution in [0.25, 0.3) is 5.65 Å². The summed E-state index contributed by atoms with van der Waals surface area (Å²) in [5, 5.41) is 0. The molecule has 0 spiro atoms. The Morgan fingerprint density at radius 1 is 1.26 bits per heavy atom. The summed E-state index contributed by atoms with van der Waals surface area (Å²) in [6, 6.07) is 12.0. The first kappa shape index (κ1) is 16.1. The number of carbonyl (C=O) groups excluding carboxylic acids is 1. The molecule has 0 amide bonds. The molecular weight excluding hydrogens is 475 g/mol. The number of hydrogen-bond donors (Lipinski definition) is 0. The van der Waals surface area contributed by atoms with E-state index >= 15 is 0 Å². The maximum atomic E-state index is 12.1. The van der Waals surface area contributed by atoms with Crippen LogP contribution in [-0.2, 0) is 11.3 Å². The van der Waals surface area contributed by atoms with Gasteiger partial charge in [0.25, 0.3) is 5.56 Å². The van der Waals surface area contributed by atoms with Crippen molar-refractivity contribution >= 4 is 50.1 Å². The fraction of sp³-hybridized carbons (Fsp3) is 0.0625. The summed E-state index contributed by atoms with van der Waals surface area (Å²) < 4.78 is 8.39. The van der Waals surface area contributed by atoms with Crippen LogP contribution >= 0.6 is 38.5 Å². The van der Waals surface area contributed by atoms with Crippen molar-refractivity contribution in [2.75, 3.05) is 0 Å². The Bertz CT molecular complexity index is 955. The molecule has 0 fully saturated rings. The molecule has 0 saturated heterocycles. The van der Waals surface area contributed by atoms with E-state index in [-0.39, 0.29) is 12.2 Å². The highest BCUT2D eigenvalue weighted by atomic mass is 127. The molecule has 0 saturated carbocycles. The third-order valence-electron chi connectivity index (χ3n) is 3.09. The molecule has 0 unspecified atom stereocenters. The van der Waals surface area contributed by atoms with Crippen molar-refractivity contribution < 1.29 is 9.53 Å². The number of benzene rings is 1. The number of rotatable bonds is 3. The SMILES string of the molecule is O=C(OCc1cc(=O)n2cc(Br)ccc2n1)c1cccc(I)c1. The zero-order valence-electron chi connectivity index (χ0n) is 11.7. The number of esters is 1. The van der Waals surface area contributed by atoms with Crippen LogP contribution < -0.4 is 5.56 Å². The van der Waals surface area contributed by atoms with Crippen molar-refractivity contribution in [1.29, 1.82) is 0 Å². The number of pyridine rings is 1. The number of nitrogens with zero attached hydrogens (tertiary/aromatic N) is 2. The van der Waals surface area contributed by atoms with E-state index in [0.717, 1.165) is 8.04 Å². The molecular formula is C16H10BrIN2O3. The molecule has 0 aliphatic carbocycles. The van der Waals surface area contributed by atoms with Crippen molar-refractivity contribution in [2.24, 2.45) is 0 Å². The van der Waals surface area contributed by atoms with Crippen LogP contribution in [-0.4, -0.2) is 15.4 Å². The molecule has 3 rings (SSSR count). The monoisotopic (exact) mass is 484 g/mol. The van der Waals surface area contributed by atoms with Crippen molar-refractivity contribution in [2.45, 2.75) is 6.61 Å². The van der Waals surface area contributed by atoms with Crippen LogP contribution in [0.2, 0.25) is 0 Å². The van der Waals surface area contributed by atoms with Gasteiger partial charge in [0.2, 0.25) is 0 Å². The lowest BCUT2D eigenvalue weighted by atomic mass is 10.2. The van der Waals surface area contributed by atoms with Gasteiger partial charge in [0.05, 0.1) is 11.3 Å². The molecule has 0 N–H and O–H groups in total. The predicted octanol–water partition coefficient (Wildman–Crippen LogP) is 3.42. The minimum absolute atomic E-state index is 0.0495. The average Bonchev–Trinajstić information content (AvgIpc) is 2.53. The molecule has 23 heavy (non-hydrogen) atoms. The van der Waals surface area contributed by atoms with Gasteiger partial charge in [-0.3, -0.25) is 9.20 Å². The van der Waals surface area contributed by atoms with Crippen molar-refractivity contribution in [1.82, 2.24) is 9.38 Å². The van der Waals surface area contributed by atoms with E-state index in [2.05, 4.69) is 43.5 Å². The van der Waals surface area contributed by atoms with E-state index in [1.54, 1.807) is 36.5 Å². The minimum Gasteiger partial charge on any atom is -0.456 e. The van der Waals surface area contributed by atoms with Gasteiger partial charge in [-0.1, -0.05) is 6.07 Å². The fourth-order valence-corrected chi connectivity index (χ4v) is 2.92. The zero-order chi connectivity index (χ0) is 16.4. The minimum atomic E-state index is -0.443. The summed E-state index contributed by atoms with van der Waals surface area (Å²) in [4.78, 5) is 28.4. The quantitative estimate of drug-likeness (QED) is 0.422. The van der Waals surface area contributed by atoms with E-state index in [1.165, 1.54) is 10.5 Å². The molecule has 0 radical (unpaired) electrons. The highest BCUT2D eigenvalue weighted by Crippen LogP contribution is 2.11. The van der Waals surface area contributed by atoms with Crippen LogP contribution in [0.5, 0.6) is 0 Å². The Morgan fingerprint density at radius 2 is 2.09 bits per heavy atom. The van der Waals surface area contributed by atoms with E-state index in [0.29, 0.717) is 16.9 Å². The molecule has 116 valence electrons. The first-order chi connectivity index (χ1) is 11.0. The van der Waals surface area contributed by atoms with Gasteiger partial charge in [-0.25, -0.2) is 9.78 Å². The summed E-state index contributed by atoms with van der Waals surface area (Å²) >= 11 is 5.44. The Kier molecular flexibility index (Phi) is 4.76. The highest BCUT2D eigenvalue weighted by Gasteiger charge is 2.09.